The smallest absolute Gasteiger partial charge is 0.182 e. The largest absolute Gasteiger partial charge is 0.395 e. The van der Waals surface area contributed by atoms with E-state index in [0.29, 0.717) is 11.3 Å². The molecule has 5 N–H and O–H groups in total. The summed E-state index contributed by atoms with van der Waals surface area (Å²) in [5, 5.41) is 36.4. The molecule has 7 aromatic heterocycles. The Kier molecular flexibility index (Phi) is 14.7. The maximum atomic E-state index is 12.3. The Morgan fingerprint density at radius 1 is 0.513 bits per heavy atom. The number of nitrogens with zero attached hydrogens (tertiary/aromatic N) is 14. The third-order valence-electron chi connectivity index (χ3n) is 16.3. The summed E-state index contributed by atoms with van der Waals surface area (Å²) >= 11 is 0. The number of imidazole rings is 2. The van der Waals surface area contributed by atoms with E-state index in [2.05, 4.69) is 137 Å². The van der Waals surface area contributed by atoms with Crippen molar-refractivity contribution in [1.82, 2.24) is 74.5 Å². The first-order valence-electron chi connectivity index (χ1n) is 26.6. The van der Waals surface area contributed by atoms with E-state index in [4.69, 9.17) is 0 Å². The highest BCUT2D eigenvalue weighted by atomic mass is 16.3. The first-order chi connectivity index (χ1) is 38.1. The highest BCUT2D eigenvalue weighted by molar-refractivity contribution is 5.84. The molecule has 3 fully saturated rings. The van der Waals surface area contributed by atoms with Crippen LogP contribution in [-0.4, -0.2) is 138 Å². The standard InChI is InChI=1S/C21H23N7O.C21H21N7O.C16H21N3O/c2*1-27-11-16(10-26-27)15-3-2-4-17(9-15)21(12-29)5-7-28(8-6-21)20-18-19(23-13-22-18)24-14-25-20;1-19-11-14(10-18-19)13-3-2-4-15(9-13)16(12-20)5-7-17-8-6-16/h2-4,9-11,13-14,29H,5-8,12H2,1H3,(H,22,23,24,25);2-4,9-14H,5-8H2,1H3,(H,22,23,24,25);2-4,9-11,17,20H,5-8,12H2,1H3. The number of rotatable bonds is 11. The van der Waals surface area contributed by atoms with Crippen molar-refractivity contribution in [3.05, 3.63) is 152 Å². The Bertz CT molecular complexity index is 3630. The molecule has 400 valence electrons. The highest BCUT2D eigenvalue weighted by Gasteiger charge is 2.39. The number of anilines is 2. The number of benzene rings is 3. The number of aromatic nitrogens is 14. The molecule has 0 radical (unpaired) electrons. The zero-order valence-electron chi connectivity index (χ0n) is 44.2. The zero-order chi connectivity index (χ0) is 53.7. The molecule has 13 rings (SSSR count). The number of aromatic amines is 2. The molecule has 78 heavy (non-hydrogen) atoms. The van der Waals surface area contributed by atoms with Crippen molar-refractivity contribution >= 4 is 40.2 Å². The molecular formula is C58H65N17O3. The fourth-order valence-electron chi connectivity index (χ4n) is 11.5. The summed E-state index contributed by atoms with van der Waals surface area (Å²) in [5.41, 5.74) is 12.3. The third kappa shape index (κ3) is 10.4. The van der Waals surface area contributed by atoms with Crippen molar-refractivity contribution in [3.8, 4) is 33.4 Å². The van der Waals surface area contributed by atoms with Crippen LogP contribution in [0.15, 0.2) is 135 Å². The van der Waals surface area contributed by atoms with Gasteiger partial charge in [-0.25, -0.2) is 29.9 Å². The van der Waals surface area contributed by atoms with E-state index < -0.39 is 5.41 Å². The van der Waals surface area contributed by atoms with Crippen LogP contribution < -0.4 is 15.1 Å². The summed E-state index contributed by atoms with van der Waals surface area (Å²) in [6.07, 6.45) is 24.2. The number of fused-ring (bicyclic) bond motifs is 2. The van der Waals surface area contributed by atoms with Gasteiger partial charge in [-0.15, -0.1) is 0 Å². The molecule has 0 bridgehead atoms. The molecule has 0 spiro atoms. The fourth-order valence-corrected chi connectivity index (χ4v) is 11.5. The maximum Gasteiger partial charge on any atom is 0.182 e. The quantitative estimate of drug-likeness (QED) is 0.0873. The van der Waals surface area contributed by atoms with Gasteiger partial charge in [-0.05, 0) is 85.0 Å². The van der Waals surface area contributed by atoms with E-state index >= 15 is 0 Å². The summed E-state index contributed by atoms with van der Waals surface area (Å²) in [6.45, 7) is 5.37. The van der Waals surface area contributed by atoms with Crippen molar-refractivity contribution in [2.45, 2.75) is 54.8 Å². The Hall–Kier alpha value is -8.46. The number of hydrogen-bond acceptors (Lipinski definition) is 15. The van der Waals surface area contributed by atoms with Crippen LogP contribution in [0.1, 0.15) is 55.2 Å². The monoisotopic (exact) mass is 1050 g/mol. The van der Waals surface area contributed by atoms with Crippen molar-refractivity contribution in [3.63, 3.8) is 0 Å². The topological polar surface area (TPSA) is 238 Å². The van der Waals surface area contributed by atoms with E-state index in [-0.39, 0.29) is 24.0 Å². The molecule has 3 aliphatic heterocycles. The molecule has 0 amide bonds. The minimum Gasteiger partial charge on any atom is -0.395 e. The second kappa shape index (κ2) is 22.3. The predicted octanol–water partition coefficient (Wildman–Crippen LogP) is 6.48. The molecular weight excluding hydrogens is 983 g/mol. The van der Waals surface area contributed by atoms with Crippen LogP contribution in [0.4, 0.5) is 11.6 Å². The van der Waals surface area contributed by atoms with E-state index in [1.54, 1.807) is 28.3 Å². The van der Waals surface area contributed by atoms with Crippen LogP contribution in [0.5, 0.6) is 0 Å². The number of carbonyl (C=O) groups is 1. The number of carbonyl (C=O) groups excluding carboxylic acids is 1. The van der Waals surface area contributed by atoms with Crippen molar-refractivity contribution in [2.75, 3.05) is 62.3 Å². The minimum absolute atomic E-state index is 0.0938. The van der Waals surface area contributed by atoms with Crippen LogP contribution >= 0.6 is 0 Å². The number of aliphatic hydroxyl groups is 2. The molecule has 20 heteroatoms. The van der Waals surface area contributed by atoms with E-state index in [1.165, 1.54) is 23.0 Å². The normalized spacial score (nSPS) is 16.8. The lowest BCUT2D eigenvalue weighted by Gasteiger charge is -2.41. The lowest BCUT2D eigenvalue weighted by molar-refractivity contribution is -0.113. The molecule has 0 saturated carbocycles. The lowest BCUT2D eigenvalue weighted by atomic mass is 9.73. The lowest BCUT2D eigenvalue weighted by Crippen LogP contribution is -2.45. The van der Waals surface area contributed by atoms with Gasteiger partial charge >= 0.3 is 0 Å². The van der Waals surface area contributed by atoms with Gasteiger partial charge in [0.1, 0.15) is 30.0 Å². The van der Waals surface area contributed by atoms with Gasteiger partial charge in [0.25, 0.3) is 0 Å². The van der Waals surface area contributed by atoms with Gasteiger partial charge in [-0.3, -0.25) is 14.0 Å². The summed E-state index contributed by atoms with van der Waals surface area (Å²) in [5.74, 6) is 1.72. The number of aryl methyl sites for hydroxylation is 3. The Balaban J connectivity index is 0.000000127. The van der Waals surface area contributed by atoms with Crippen LogP contribution in [-0.2, 0) is 42.2 Å². The molecule has 3 saturated heterocycles. The molecule has 3 aromatic carbocycles. The molecule has 3 aliphatic rings. The number of piperidine rings is 3. The number of nitrogens with one attached hydrogen (secondary N) is 3. The second-order valence-corrected chi connectivity index (χ2v) is 20.9. The van der Waals surface area contributed by atoms with Crippen LogP contribution in [0.25, 0.3) is 55.7 Å². The summed E-state index contributed by atoms with van der Waals surface area (Å²) in [7, 11) is 5.75. The summed E-state index contributed by atoms with van der Waals surface area (Å²) in [4.78, 5) is 48.7. The van der Waals surface area contributed by atoms with Gasteiger partial charge in [0.05, 0.1) is 49.9 Å². The van der Waals surface area contributed by atoms with E-state index in [0.717, 1.165) is 140 Å². The fraction of sp³-hybridized carbons (Fsp3) is 0.345. The minimum atomic E-state index is -0.491. The number of aliphatic hydroxyl groups excluding tert-OH is 2. The van der Waals surface area contributed by atoms with Crippen LogP contribution in [0, 0.1) is 0 Å². The molecule has 0 aliphatic carbocycles. The van der Waals surface area contributed by atoms with Crippen LogP contribution in [0.2, 0.25) is 0 Å². The molecule has 20 nitrogen and oxygen atoms in total. The van der Waals surface area contributed by atoms with E-state index in [1.807, 2.05) is 69.1 Å². The van der Waals surface area contributed by atoms with Crippen LogP contribution in [0.3, 0.4) is 0 Å². The molecule has 10 aromatic rings. The van der Waals surface area contributed by atoms with Crippen molar-refractivity contribution < 1.29 is 15.0 Å². The van der Waals surface area contributed by atoms with Gasteiger partial charge in [-0.1, -0.05) is 72.8 Å². The maximum absolute atomic E-state index is 12.3. The number of hydrogen-bond donors (Lipinski definition) is 5. The summed E-state index contributed by atoms with van der Waals surface area (Å²) < 4.78 is 5.41. The van der Waals surface area contributed by atoms with E-state index in [9.17, 15) is 15.0 Å². The van der Waals surface area contributed by atoms with Crippen molar-refractivity contribution in [2.24, 2.45) is 21.1 Å². The Labute approximate surface area is 451 Å². The van der Waals surface area contributed by atoms with Gasteiger partial charge in [0.2, 0.25) is 0 Å². The van der Waals surface area contributed by atoms with Gasteiger partial charge < -0.3 is 40.1 Å². The molecule has 10 heterocycles. The highest BCUT2D eigenvalue weighted by Crippen LogP contribution is 2.40. The van der Waals surface area contributed by atoms with Gasteiger partial charge in [-0.2, -0.15) is 15.3 Å². The summed E-state index contributed by atoms with van der Waals surface area (Å²) in [6, 6.07) is 25.3. The Morgan fingerprint density at radius 2 is 0.923 bits per heavy atom. The Morgan fingerprint density at radius 3 is 1.33 bits per heavy atom. The van der Waals surface area contributed by atoms with Crippen molar-refractivity contribution in [1.29, 1.82) is 0 Å². The number of aldehydes is 1. The second-order valence-electron chi connectivity index (χ2n) is 20.9. The average molecular weight is 1050 g/mol. The zero-order valence-corrected chi connectivity index (χ0v) is 44.2. The SMILES string of the molecule is Cn1cc(-c2cccc(C3(C=O)CCN(c4ncnc5nc[nH]c45)CC3)c2)cn1.Cn1cc(-c2cccc(C3(CO)CCN(c4ncnc5nc[nH]c45)CC3)c2)cn1.Cn1cc(-c2cccc(C3(CO)CCNCC3)c2)cn1. The predicted molar refractivity (Wildman–Crippen MR) is 300 cm³/mol. The molecule has 0 unspecified atom stereocenters. The average Bonchev–Trinajstić information content (AvgIpc) is 4.40. The first-order valence-corrected chi connectivity index (χ1v) is 26.6. The molecule has 0 atom stereocenters. The van der Waals surface area contributed by atoms with Gasteiger partial charge in [0.15, 0.2) is 22.9 Å². The third-order valence-corrected chi connectivity index (χ3v) is 16.3. The number of H-pyrrole nitrogens is 2. The van der Waals surface area contributed by atoms with Gasteiger partial charge in [0, 0.05) is 93.4 Å². The first kappa shape index (κ1) is 51.6.